The van der Waals surface area contributed by atoms with Crippen LogP contribution in [0.15, 0.2) is 23.8 Å². The maximum absolute atomic E-state index is 17.1. The van der Waals surface area contributed by atoms with Crippen molar-refractivity contribution in [3.63, 3.8) is 0 Å². The summed E-state index contributed by atoms with van der Waals surface area (Å²) in [6.07, 6.45) is 0.619. The van der Waals surface area contributed by atoms with Crippen LogP contribution >= 0.6 is 12.6 Å². The summed E-state index contributed by atoms with van der Waals surface area (Å²) in [5.41, 5.74) is -6.46. The van der Waals surface area contributed by atoms with E-state index < -0.39 is 69.0 Å². The van der Waals surface area contributed by atoms with Gasteiger partial charge in [-0.1, -0.05) is 26.8 Å². The Hall–Kier alpha value is -1.54. The molecule has 0 aromatic carbocycles. The van der Waals surface area contributed by atoms with E-state index in [9.17, 15) is 19.5 Å². The molecular formula is C24H30F2O5S. The number of aliphatic hydroxyl groups is 1. The highest BCUT2D eigenvalue weighted by Gasteiger charge is 2.77. The highest BCUT2D eigenvalue weighted by Crippen LogP contribution is 2.71. The van der Waals surface area contributed by atoms with Gasteiger partial charge in [-0.05, 0) is 49.8 Å². The molecule has 5 nitrogen and oxygen atoms in total. The monoisotopic (exact) mass is 468 g/mol. The van der Waals surface area contributed by atoms with E-state index in [0.29, 0.717) is 6.42 Å². The summed E-state index contributed by atoms with van der Waals surface area (Å²) in [6.45, 7) is 6.62. The predicted octanol–water partition coefficient (Wildman–Crippen LogP) is 3.70. The van der Waals surface area contributed by atoms with Crippen molar-refractivity contribution in [2.75, 3.05) is 0 Å². The van der Waals surface area contributed by atoms with Gasteiger partial charge < -0.3 is 9.84 Å². The van der Waals surface area contributed by atoms with Crippen LogP contribution in [-0.4, -0.2) is 45.5 Å². The highest BCUT2D eigenvalue weighted by molar-refractivity contribution is 7.96. The van der Waals surface area contributed by atoms with E-state index in [1.165, 1.54) is 19.1 Å². The number of halogens is 2. The van der Waals surface area contributed by atoms with E-state index in [4.69, 9.17) is 4.74 Å². The summed E-state index contributed by atoms with van der Waals surface area (Å²) in [4.78, 5) is 37.2. The Labute approximate surface area is 192 Å². The van der Waals surface area contributed by atoms with Crippen molar-refractivity contribution >= 4 is 29.5 Å². The molecule has 0 radical (unpaired) electrons. The number of carbonyl (C=O) groups excluding carboxylic acids is 3. The molecule has 0 aliphatic heterocycles. The van der Waals surface area contributed by atoms with Crippen LogP contribution in [0.4, 0.5) is 8.78 Å². The molecule has 32 heavy (non-hydrogen) atoms. The number of hydrogen-bond acceptors (Lipinski definition) is 5. The maximum atomic E-state index is 17.1. The van der Waals surface area contributed by atoms with Gasteiger partial charge in [0.2, 0.25) is 5.12 Å². The lowest BCUT2D eigenvalue weighted by molar-refractivity contribution is -0.228. The molecule has 4 aliphatic carbocycles. The van der Waals surface area contributed by atoms with Gasteiger partial charge in [0.15, 0.2) is 17.1 Å². The topological polar surface area (TPSA) is 80.7 Å². The molecule has 0 spiro atoms. The predicted molar refractivity (Wildman–Crippen MR) is 116 cm³/mol. The van der Waals surface area contributed by atoms with Gasteiger partial charge in [-0.2, -0.15) is 0 Å². The van der Waals surface area contributed by atoms with Crippen LogP contribution in [0, 0.1) is 28.6 Å². The third-order valence-corrected chi connectivity index (χ3v) is 9.38. The van der Waals surface area contributed by atoms with Crippen LogP contribution < -0.4 is 0 Å². The number of carbonyl (C=O) groups is 3. The second-order valence-electron chi connectivity index (χ2n) is 10.4. The van der Waals surface area contributed by atoms with Crippen molar-refractivity contribution < 1.29 is 33.0 Å². The molecule has 0 aromatic heterocycles. The lowest BCUT2D eigenvalue weighted by Crippen LogP contribution is -2.70. The molecule has 3 saturated carbocycles. The number of esters is 1. The SMILES string of the molecule is CCC(=O)O[C@]1(C(=O)S)[C@H](C)CC2C3C[C@@H](F)C4=CC(=O)C=CC4(C)[C@]3(F)C(O)CC21C. The number of alkyl halides is 2. The fourth-order valence-corrected chi connectivity index (χ4v) is 8.01. The molecule has 0 heterocycles. The fourth-order valence-electron chi connectivity index (χ4n) is 7.49. The number of thiol groups is 1. The molecule has 5 unspecified atom stereocenters. The third kappa shape index (κ3) is 2.62. The van der Waals surface area contributed by atoms with Gasteiger partial charge in [-0.15, -0.1) is 12.6 Å². The van der Waals surface area contributed by atoms with Crippen molar-refractivity contribution in [2.45, 2.75) is 76.9 Å². The largest absolute Gasteiger partial charge is 0.449 e. The number of fused-ring (bicyclic) bond motifs is 5. The van der Waals surface area contributed by atoms with Crippen molar-refractivity contribution in [1.29, 1.82) is 0 Å². The molecule has 9 atom stereocenters. The van der Waals surface area contributed by atoms with Gasteiger partial charge in [0, 0.05) is 29.1 Å². The number of allylic oxidation sites excluding steroid dienone is 4. The normalized spacial score (nSPS) is 49.6. The molecule has 176 valence electrons. The molecular weight excluding hydrogens is 438 g/mol. The van der Waals surface area contributed by atoms with Crippen LogP contribution in [0.1, 0.15) is 53.4 Å². The van der Waals surface area contributed by atoms with Gasteiger partial charge >= 0.3 is 5.97 Å². The first kappa shape index (κ1) is 23.6. The number of hydrogen-bond donors (Lipinski definition) is 2. The van der Waals surface area contributed by atoms with Crippen LogP contribution in [0.5, 0.6) is 0 Å². The second-order valence-corrected chi connectivity index (χ2v) is 10.8. The van der Waals surface area contributed by atoms with Crippen LogP contribution in [-0.2, 0) is 19.1 Å². The molecule has 3 fully saturated rings. The number of ketones is 1. The maximum Gasteiger partial charge on any atom is 0.306 e. The summed E-state index contributed by atoms with van der Waals surface area (Å²) < 4.78 is 38.3. The van der Waals surface area contributed by atoms with Crippen molar-refractivity contribution in [1.82, 2.24) is 0 Å². The Bertz CT molecular complexity index is 949. The summed E-state index contributed by atoms with van der Waals surface area (Å²) in [6, 6.07) is 0. The molecule has 0 aromatic rings. The Kier molecular flexibility index (Phi) is 5.33. The summed E-state index contributed by atoms with van der Waals surface area (Å²) in [7, 11) is 0. The molecule has 8 heteroatoms. The van der Waals surface area contributed by atoms with E-state index in [1.54, 1.807) is 20.8 Å². The van der Waals surface area contributed by atoms with E-state index >= 15 is 8.78 Å². The van der Waals surface area contributed by atoms with E-state index in [-0.39, 0.29) is 24.8 Å². The molecule has 0 amide bonds. The van der Waals surface area contributed by atoms with E-state index in [2.05, 4.69) is 12.6 Å². The summed E-state index contributed by atoms with van der Waals surface area (Å²) >= 11 is 4.09. The number of aliphatic hydroxyl groups excluding tert-OH is 1. The lowest BCUT2D eigenvalue weighted by Gasteiger charge is -2.63. The quantitative estimate of drug-likeness (QED) is 0.488. The highest BCUT2D eigenvalue weighted by atomic mass is 32.1. The van der Waals surface area contributed by atoms with E-state index in [0.717, 1.165) is 6.08 Å². The average molecular weight is 469 g/mol. The Morgan fingerprint density at radius 1 is 1.28 bits per heavy atom. The summed E-state index contributed by atoms with van der Waals surface area (Å²) in [5.74, 6) is -2.94. The first-order chi connectivity index (χ1) is 14.8. The number of ether oxygens (including phenoxy) is 1. The van der Waals surface area contributed by atoms with Gasteiger partial charge in [-0.3, -0.25) is 14.4 Å². The van der Waals surface area contributed by atoms with Crippen LogP contribution in [0.25, 0.3) is 0 Å². The number of rotatable bonds is 3. The first-order valence-corrected chi connectivity index (χ1v) is 11.7. The standard InChI is InChI=1S/C24H30F2O5S/c1-5-19(29)31-24(20(30)32)12(2)8-14-15-10-17(25)16-9-13(27)6-7-21(16,3)23(15,26)18(28)11-22(14,24)4/h6-7,9,12,14-15,17-18,28H,5,8,10-11H2,1-4H3,(H,30,32)/t12-,14?,15?,17-,18?,21?,22?,23-,24+/m1/s1. The Morgan fingerprint density at radius 2 is 1.94 bits per heavy atom. The van der Waals surface area contributed by atoms with Crippen molar-refractivity contribution in [3.05, 3.63) is 23.8 Å². The molecule has 0 saturated heterocycles. The zero-order valence-electron chi connectivity index (χ0n) is 18.7. The minimum absolute atomic E-state index is 0.0476. The van der Waals surface area contributed by atoms with Gasteiger partial charge in [0.25, 0.3) is 0 Å². The fraction of sp³-hybridized carbons (Fsp3) is 0.708. The molecule has 1 N–H and O–H groups in total. The Balaban J connectivity index is 1.87. The lowest BCUT2D eigenvalue weighted by atomic mass is 9.44. The van der Waals surface area contributed by atoms with Gasteiger partial charge in [-0.25, -0.2) is 8.78 Å². The van der Waals surface area contributed by atoms with Gasteiger partial charge in [0.05, 0.1) is 6.10 Å². The first-order valence-electron chi connectivity index (χ1n) is 11.2. The smallest absolute Gasteiger partial charge is 0.306 e. The molecule has 0 bridgehead atoms. The molecule has 4 aliphatic rings. The Morgan fingerprint density at radius 3 is 2.53 bits per heavy atom. The zero-order chi connectivity index (χ0) is 23.9. The summed E-state index contributed by atoms with van der Waals surface area (Å²) in [5, 5.41) is 10.7. The molecule has 4 rings (SSSR count). The minimum Gasteiger partial charge on any atom is -0.449 e. The van der Waals surface area contributed by atoms with Crippen molar-refractivity contribution in [3.8, 4) is 0 Å². The third-order valence-electron chi connectivity index (χ3n) is 9.05. The van der Waals surface area contributed by atoms with E-state index in [1.807, 2.05) is 0 Å². The second kappa shape index (κ2) is 7.23. The zero-order valence-corrected chi connectivity index (χ0v) is 19.6. The van der Waals surface area contributed by atoms with Crippen LogP contribution in [0.2, 0.25) is 0 Å². The minimum atomic E-state index is -2.24. The van der Waals surface area contributed by atoms with Crippen molar-refractivity contribution in [2.24, 2.45) is 28.6 Å². The van der Waals surface area contributed by atoms with Gasteiger partial charge in [0.1, 0.15) is 6.17 Å². The van der Waals surface area contributed by atoms with Crippen LogP contribution in [0.3, 0.4) is 0 Å². The average Bonchev–Trinajstić information content (AvgIpc) is 2.93.